The summed E-state index contributed by atoms with van der Waals surface area (Å²) in [7, 11) is 0. The second kappa shape index (κ2) is 13.5. The van der Waals surface area contributed by atoms with Gasteiger partial charge in [0.05, 0.1) is 0 Å². The standard InChI is InChI=1S/2C9H11.C2H3O.C2H6Si.Zr/c2*1-2-5-9-7-3-6-8(9)4-1;1-2-3;1-3-2;/h2*3,6-7H,1-2,4-5H2;2H,1H2;1-2H3;/q3*-1;;. The van der Waals surface area contributed by atoms with E-state index in [1.54, 1.807) is 45.6 Å². The molecule has 0 fully saturated rings. The molecule has 4 rings (SSSR count). The van der Waals surface area contributed by atoms with Gasteiger partial charge in [-0.25, -0.2) is 12.1 Å². The van der Waals surface area contributed by atoms with Gasteiger partial charge in [0, 0.05) is 0 Å². The zero-order valence-corrected chi connectivity index (χ0v) is 19.3. The molecule has 0 aliphatic heterocycles. The third kappa shape index (κ3) is 9.56. The molecule has 0 heterocycles. The maximum atomic E-state index is 8.69. The molecule has 0 aromatic heterocycles. The average molecular weight is 431 g/mol. The molecule has 25 heavy (non-hydrogen) atoms. The normalized spacial score (nSPS) is 14.0. The Bertz CT molecular complexity index is 532. The molecule has 2 aliphatic carbocycles. The summed E-state index contributed by atoms with van der Waals surface area (Å²) in [6.07, 6.45) is 11.4. The number of hydrogen-bond acceptors (Lipinski definition) is 1. The van der Waals surface area contributed by atoms with Gasteiger partial charge in [0.2, 0.25) is 0 Å². The smallest absolute Gasteiger partial charge is 0.0180 e. The quantitative estimate of drug-likeness (QED) is 0.312. The van der Waals surface area contributed by atoms with Crippen molar-refractivity contribution >= 4 is 11.7 Å². The van der Waals surface area contributed by atoms with Crippen LogP contribution in [0.5, 0.6) is 0 Å². The second-order valence-electron chi connectivity index (χ2n) is 6.73. The fraction of sp³-hybridized carbons (Fsp3) is 0.455. The maximum Gasteiger partial charge on any atom is -0.0180 e. The molecule has 0 atom stereocenters. The van der Waals surface area contributed by atoms with Crippen LogP contribution >= 0.6 is 0 Å². The van der Waals surface area contributed by atoms with Crippen molar-refractivity contribution in [1.29, 1.82) is 0 Å². The van der Waals surface area contributed by atoms with E-state index >= 15 is 0 Å². The molecule has 136 valence electrons. The molecule has 3 heteroatoms. The molecule has 0 saturated carbocycles. The number of hydrogen-bond donors (Lipinski definition) is 0. The van der Waals surface area contributed by atoms with Crippen molar-refractivity contribution in [3.8, 4) is 0 Å². The molecule has 0 spiro atoms. The Hall–Kier alpha value is -0.660. The topological polar surface area (TPSA) is 17.1 Å². The van der Waals surface area contributed by atoms with Crippen LogP contribution in [0, 0.1) is 6.92 Å². The van der Waals surface area contributed by atoms with E-state index < -0.39 is 0 Å². The number of carbonyl (C=O) groups excluding carboxylic acids is 1. The fourth-order valence-corrected chi connectivity index (χ4v) is 3.23. The van der Waals surface area contributed by atoms with Gasteiger partial charge in [-0.2, -0.15) is 46.5 Å². The van der Waals surface area contributed by atoms with Crippen LogP contribution < -0.4 is 0 Å². The van der Waals surface area contributed by atoms with E-state index in [4.69, 9.17) is 4.79 Å². The molecule has 0 saturated heterocycles. The Labute approximate surface area is 169 Å². The Balaban J connectivity index is 0.000000185. The van der Waals surface area contributed by atoms with E-state index in [1.807, 2.05) is 0 Å². The van der Waals surface area contributed by atoms with E-state index in [2.05, 4.69) is 56.4 Å². The van der Waals surface area contributed by atoms with Crippen molar-refractivity contribution in [1.82, 2.24) is 0 Å². The van der Waals surface area contributed by atoms with Gasteiger partial charge in [-0.15, -0.1) is 0 Å². The molecule has 0 unspecified atom stereocenters. The minimum Gasteiger partial charge on any atom is -0.343 e. The summed E-state index contributed by atoms with van der Waals surface area (Å²) in [6.45, 7) is 7.42. The first-order valence-electron chi connectivity index (χ1n) is 9.30. The van der Waals surface area contributed by atoms with E-state index in [0.717, 1.165) is 0 Å². The van der Waals surface area contributed by atoms with Crippen molar-refractivity contribution in [3.05, 3.63) is 65.6 Å². The van der Waals surface area contributed by atoms with E-state index in [1.165, 1.54) is 51.4 Å². The van der Waals surface area contributed by atoms with Crippen LogP contribution in [0.25, 0.3) is 0 Å². The fourth-order valence-electron chi connectivity index (χ4n) is 3.23. The van der Waals surface area contributed by atoms with E-state index in [9.17, 15) is 0 Å². The molecule has 0 bridgehead atoms. The predicted octanol–water partition coefficient (Wildman–Crippen LogP) is 5.37. The van der Waals surface area contributed by atoms with Gasteiger partial charge >= 0.3 is 41.9 Å². The summed E-state index contributed by atoms with van der Waals surface area (Å²) >= 11 is 1.74. The largest absolute Gasteiger partial charge is 0.343 e. The SMILES string of the molecule is C[Si](C)=[Zr].[CH2-]C=O.c1cc2c([cH-]1)CCCC2.c1cc2c([cH-]1)CCCC2. The molecule has 0 radical (unpaired) electrons. The monoisotopic (exact) mass is 429 g/mol. The predicted molar refractivity (Wildman–Crippen MR) is 106 cm³/mol. The average Bonchev–Trinajstić information content (AvgIpc) is 3.24. The summed E-state index contributed by atoms with van der Waals surface area (Å²) in [5.74, 6) is 0. The van der Waals surface area contributed by atoms with Crippen molar-refractivity contribution in [3.63, 3.8) is 0 Å². The molecule has 0 N–H and O–H groups in total. The van der Waals surface area contributed by atoms with Crippen molar-refractivity contribution in [2.75, 3.05) is 0 Å². The van der Waals surface area contributed by atoms with Crippen LogP contribution in [0.3, 0.4) is 0 Å². The Morgan fingerprint density at radius 1 is 0.920 bits per heavy atom. The molecular formula is C22H31OSiZr-3. The number of carbonyl (C=O) groups is 1. The maximum absolute atomic E-state index is 8.69. The summed E-state index contributed by atoms with van der Waals surface area (Å²) in [4.78, 5) is 8.69. The van der Waals surface area contributed by atoms with Crippen molar-refractivity contribution in [2.24, 2.45) is 0 Å². The van der Waals surface area contributed by atoms with Crippen LogP contribution in [0.15, 0.2) is 36.4 Å². The Morgan fingerprint density at radius 2 is 1.24 bits per heavy atom. The molecular weight excluding hydrogens is 400 g/mol. The van der Waals surface area contributed by atoms with Crippen LogP contribution in [0.1, 0.15) is 47.9 Å². The van der Waals surface area contributed by atoms with Crippen LogP contribution in [0.4, 0.5) is 0 Å². The molecule has 2 aliphatic rings. The minimum absolute atomic E-state index is 0.210. The molecule has 2 aromatic rings. The van der Waals surface area contributed by atoms with Crippen molar-refractivity contribution < 1.29 is 28.1 Å². The first kappa shape index (κ1) is 22.4. The zero-order valence-electron chi connectivity index (χ0n) is 15.8. The zero-order chi connectivity index (χ0) is 18.5. The number of aryl methyl sites for hydroxylation is 4. The first-order chi connectivity index (χ1) is 12.1. The second-order valence-corrected chi connectivity index (χ2v) is 16.1. The van der Waals surface area contributed by atoms with Crippen LogP contribution in [-0.4, -0.2) is 11.7 Å². The van der Waals surface area contributed by atoms with Crippen LogP contribution in [0.2, 0.25) is 13.1 Å². The van der Waals surface area contributed by atoms with Gasteiger partial charge in [0.25, 0.3) is 0 Å². The van der Waals surface area contributed by atoms with Gasteiger partial charge in [-0.3, -0.25) is 0 Å². The Kier molecular flexibility index (Phi) is 12.1. The third-order valence-electron chi connectivity index (χ3n) is 4.30. The molecule has 1 nitrogen and oxygen atoms in total. The van der Waals surface area contributed by atoms with Gasteiger partial charge in [0.1, 0.15) is 0 Å². The first-order valence-corrected chi connectivity index (χ1v) is 15.5. The Morgan fingerprint density at radius 3 is 1.56 bits per heavy atom. The summed E-state index contributed by atoms with van der Waals surface area (Å²) < 4.78 is 0. The van der Waals surface area contributed by atoms with E-state index in [0.29, 0.717) is 6.29 Å². The van der Waals surface area contributed by atoms with E-state index in [-0.39, 0.29) is 5.43 Å². The van der Waals surface area contributed by atoms with Crippen molar-refractivity contribution in [2.45, 2.75) is 64.5 Å². The molecule has 2 aromatic carbocycles. The van der Waals surface area contributed by atoms with Gasteiger partial charge < -0.3 is 11.7 Å². The number of aldehydes is 1. The van der Waals surface area contributed by atoms with Gasteiger partial charge in [-0.1, -0.05) is 51.4 Å². The summed E-state index contributed by atoms with van der Waals surface area (Å²) in [5, 5.41) is 0. The van der Waals surface area contributed by atoms with Gasteiger partial charge in [-0.05, 0) is 6.29 Å². The summed E-state index contributed by atoms with van der Waals surface area (Å²) in [6, 6.07) is 13.4. The van der Waals surface area contributed by atoms with Gasteiger partial charge in [0.15, 0.2) is 0 Å². The number of rotatable bonds is 0. The molecule has 0 amide bonds. The number of fused-ring (bicyclic) bond motifs is 2. The summed E-state index contributed by atoms with van der Waals surface area (Å²) in [5.41, 5.74) is 6.60. The minimum atomic E-state index is 0.210. The third-order valence-corrected chi connectivity index (χ3v) is 4.30. The van der Waals surface area contributed by atoms with Crippen LogP contribution in [-0.2, 0) is 53.8 Å².